The molecule has 0 aliphatic carbocycles. The van der Waals surface area contributed by atoms with Crippen LogP contribution in [0.2, 0.25) is 0 Å². The first-order valence-electron chi connectivity index (χ1n) is 6.82. The molecule has 1 aromatic rings. The number of ether oxygens (including phenoxy) is 1. The standard InChI is InChI=1S/C12H24N6O2/c1-4-6-12(3,19)8-14-9-15-10(18-13)17-11(16-9)20-7-5-2/h19H,4-8,13H2,1-3H3,(H2,14,15,16,17,18). The lowest BCUT2D eigenvalue weighted by molar-refractivity contribution is 0.0635. The summed E-state index contributed by atoms with van der Waals surface area (Å²) < 4.78 is 5.36. The SMILES string of the molecule is CCCOc1nc(NN)nc(NCC(C)(O)CCC)n1. The number of anilines is 2. The van der Waals surface area contributed by atoms with Gasteiger partial charge in [-0.2, -0.15) is 15.0 Å². The molecule has 20 heavy (non-hydrogen) atoms. The van der Waals surface area contributed by atoms with Crippen LogP contribution in [0.15, 0.2) is 0 Å². The van der Waals surface area contributed by atoms with E-state index in [0.717, 1.165) is 12.8 Å². The van der Waals surface area contributed by atoms with Crippen LogP contribution in [0.25, 0.3) is 0 Å². The number of nitrogen functional groups attached to an aromatic ring is 1. The highest BCUT2D eigenvalue weighted by Crippen LogP contribution is 2.15. The minimum absolute atomic E-state index is 0.201. The van der Waals surface area contributed by atoms with E-state index in [1.807, 2.05) is 13.8 Å². The third-order valence-corrected chi connectivity index (χ3v) is 2.60. The lowest BCUT2D eigenvalue weighted by Gasteiger charge is -2.22. The Morgan fingerprint density at radius 3 is 2.50 bits per heavy atom. The van der Waals surface area contributed by atoms with Gasteiger partial charge >= 0.3 is 6.01 Å². The summed E-state index contributed by atoms with van der Waals surface area (Å²) in [6.07, 6.45) is 2.43. The van der Waals surface area contributed by atoms with Crippen molar-refractivity contribution in [3.63, 3.8) is 0 Å². The van der Waals surface area contributed by atoms with Crippen molar-refractivity contribution in [3.05, 3.63) is 0 Å². The molecule has 1 rings (SSSR count). The summed E-state index contributed by atoms with van der Waals surface area (Å²) >= 11 is 0. The Labute approximate surface area is 119 Å². The largest absolute Gasteiger partial charge is 0.463 e. The maximum atomic E-state index is 10.1. The predicted molar refractivity (Wildman–Crippen MR) is 77.4 cm³/mol. The van der Waals surface area contributed by atoms with E-state index in [-0.39, 0.29) is 12.0 Å². The number of aromatic nitrogens is 3. The molecular formula is C12H24N6O2. The minimum Gasteiger partial charge on any atom is -0.463 e. The Bertz CT molecular complexity index is 413. The van der Waals surface area contributed by atoms with E-state index in [2.05, 4.69) is 25.7 Å². The highest BCUT2D eigenvalue weighted by molar-refractivity contribution is 5.35. The molecule has 0 aliphatic rings. The lowest BCUT2D eigenvalue weighted by Crippen LogP contribution is -2.33. The van der Waals surface area contributed by atoms with Gasteiger partial charge in [0, 0.05) is 6.54 Å². The van der Waals surface area contributed by atoms with E-state index in [1.54, 1.807) is 6.92 Å². The lowest BCUT2D eigenvalue weighted by atomic mass is 10.0. The van der Waals surface area contributed by atoms with E-state index >= 15 is 0 Å². The zero-order valence-corrected chi connectivity index (χ0v) is 12.3. The topological polar surface area (TPSA) is 118 Å². The van der Waals surface area contributed by atoms with Gasteiger partial charge < -0.3 is 15.2 Å². The zero-order chi connectivity index (χ0) is 15.0. The van der Waals surface area contributed by atoms with Gasteiger partial charge in [0.05, 0.1) is 12.2 Å². The molecule has 1 atom stereocenters. The van der Waals surface area contributed by atoms with E-state index in [4.69, 9.17) is 10.6 Å². The maximum absolute atomic E-state index is 10.1. The number of aliphatic hydroxyl groups is 1. The third-order valence-electron chi connectivity index (χ3n) is 2.60. The smallest absolute Gasteiger partial charge is 0.323 e. The number of nitrogens with two attached hydrogens (primary N) is 1. The minimum atomic E-state index is -0.817. The van der Waals surface area contributed by atoms with Crippen LogP contribution in [-0.2, 0) is 0 Å². The molecule has 8 nitrogen and oxygen atoms in total. The summed E-state index contributed by atoms with van der Waals surface area (Å²) in [4.78, 5) is 12.2. The van der Waals surface area contributed by atoms with Gasteiger partial charge in [0.15, 0.2) is 0 Å². The van der Waals surface area contributed by atoms with Gasteiger partial charge in [-0.05, 0) is 19.8 Å². The summed E-state index contributed by atoms with van der Waals surface area (Å²) in [6, 6.07) is 0.201. The fraction of sp³-hybridized carbons (Fsp3) is 0.750. The molecule has 0 radical (unpaired) electrons. The fourth-order valence-corrected chi connectivity index (χ4v) is 1.65. The Morgan fingerprint density at radius 1 is 1.20 bits per heavy atom. The van der Waals surface area contributed by atoms with Crippen molar-refractivity contribution in [2.24, 2.45) is 5.84 Å². The summed E-state index contributed by atoms with van der Waals surface area (Å²) in [6.45, 7) is 6.62. The Hall–Kier alpha value is -1.67. The molecule has 0 aliphatic heterocycles. The van der Waals surface area contributed by atoms with Crippen molar-refractivity contribution in [3.8, 4) is 6.01 Å². The first kappa shape index (κ1) is 16.4. The number of nitrogens with zero attached hydrogens (tertiary/aromatic N) is 3. The van der Waals surface area contributed by atoms with Gasteiger partial charge in [-0.1, -0.05) is 20.3 Å². The summed E-state index contributed by atoms with van der Waals surface area (Å²) in [7, 11) is 0. The molecule has 0 spiro atoms. The second-order valence-corrected chi connectivity index (χ2v) is 4.86. The van der Waals surface area contributed by atoms with Crippen molar-refractivity contribution in [1.29, 1.82) is 0 Å². The molecule has 1 unspecified atom stereocenters. The molecule has 8 heteroatoms. The molecular weight excluding hydrogens is 260 g/mol. The molecule has 0 bridgehead atoms. The number of nitrogens with one attached hydrogen (secondary N) is 2. The summed E-state index contributed by atoms with van der Waals surface area (Å²) in [5.41, 5.74) is 1.54. The Morgan fingerprint density at radius 2 is 1.90 bits per heavy atom. The zero-order valence-electron chi connectivity index (χ0n) is 12.3. The Kier molecular flexibility index (Phi) is 6.40. The van der Waals surface area contributed by atoms with E-state index < -0.39 is 5.60 Å². The molecule has 0 saturated carbocycles. The molecule has 1 aromatic heterocycles. The van der Waals surface area contributed by atoms with Crippen LogP contribution in [0.4, 0.5) is 11.9 Å². The van der Waals surface area contributed by atoms with Crippen LogP contribution >= 0.6 is 0 Å². The van der Waals surface area contributed by atoms with Crippen LogP contribution in [-0.4, -0.2) is 38.8 Å². The van der Waals surface area contributed by atoms with Crippen molar-refractivity contribution >= 4 is 11.9 Å². The molecule has 0 aromatic carbocycles. The van der Waals surface area contributed by atoms with Gasteiger partial charge in [0.2, 0.25) is 11.9 Å². The van der Waals surface area contributed by atoms with Crippen LogP contribution < -0.4 is 21.3 Å². The van der Waals surface area contributed by atoms with Gasteiger partial charge in [0.1, 0.15) is 0 Å². The van der Waals surface area contributed by atoms with Crippen LogP contribution in [0, 0.1) is 0 Å². The molecule has 0 fully saturated rings. The number of hydrogen-bond acceptors (Lipinski definition) is 8. The first-order valence-corrected chi connectivity index (χ1v) is 6.82. The average molecular weight is 284 g/mol. The van der Waals surface area contributed by atoms with Gasteiger partial charge in [-0.15, -0.1) is 0 Å². The molecule has 5 N–H and O–H groups in total. The number of hydrogen-bond donors (Lipinski definition) is 4. The number of hydrazine groups is 1. The third kappa shape index (κ3) is 5.54. The maximum Gasteiger partial charge on any atom is 0.323 e. The van der Waals surface area contributed by atoms with E-state index in [0.29, 0.717) is 25.5 Å². The Balaban J connectivity index is 2.73. The summed E-state index contributed by atoms with van der Waals surface area (Å²) in [5.74, 6) is 5.84. The highest BCUT2D eigenvalue weighted by atomic mass is 16.5. The van der Waals surface area contributed by atoms with Crippen LogP contribution in [0.1, 0.15) is 40.0 Å². The van der Waals surface area contributed by atoms with Crippen molar-refractivity contribution < 1.29 is 9.84 Å². The van der Waals surface area contributed by atoms with Crippen molar-refractivity contribution in [2.75, 3.05) is 23.9 Å². The normalized spacial score (nSPS) is 13.7. The molecule has 1 heterocycles. The summed E-state index contributed by atoms with van der Waals surface area (Å²) in [5, 5.41) is 13.1. The molecule has 114 valence electrons. The van der Waals surface area contributed by atoms with Gasteiger partial charge in [-0.3, -0.25) is 5.43 Å². The predicted octanol–water partition coefficient (Wildman–Crippen LogP) is 0.909. The second kappa shape index (κ2) is 7.81. The van der Waals surface area contributed by atoms with Crippen molar-refractivity contribution in [1.82, 2.24) is 15.0 Å². The van der Waals surface area contributed by atoms with Gasteiger partial charge in [-0.25, -0.2) is 5.84 Å². The second-order valence-electron chi connectivity index (χ2n) is 4.86. The van der Waals surface area contributed by atoms with Crippen LogP contribution in [0.5, 0.6) is 6.01 Å². The fourth-order valence-electron chi connectivity index (χ4n) is 1.65. The monoisotopic (exact) mass is 284 g/mol. The quantitative estimate of drug-likeness (QED) is 0.390. The number of rotatable bonds is 9. The molecule has 0 amide bonds. The molecule has 0 saturated heterocycles. The van der Waals surface area contributed by atoms with Gasteiger partial charge in [0.25, 0.3) is 0 Å². The average Bonchev–Trinajstić information content (AvgIpc) is 2.43. The van der Waals surface area contributed by atoms with Crippen LogP contribution in [0.3, 0.4) is 0 Å². The first-order chi connectivity index (χ1) is 9.50. The highest BCUT2D eigenvalue weighted by Gasteiger charge is 2.19. The van der Waals surface area contributed by atoms with E-state index in [9.17, 15) is 5.11 Å². The van der Waals surface area contributed by atoms with E-state index in [1.165, 1.54) is 0 Å². The van der Waals surface area contributed by atoms with Crippen molar-refractivity contribution in [2.45, 2.75) is 45.6 Å².